The van der Waals surface area contributed by atoms with E-state index in [4.69, 9.17) is 28.1 Å². The molecule has 3 rings (SSSR count). The topological polar surface area (TPSA) is 89.8 Å². The number of esters is 1. The van der Waals surface area contributed by atoms with Gasteiger partial charge in [-0.15, -0.1) is 0 Å². The third-order valence-corrected chi connectivity index (χ3v) is 4.43. The van der Waals surface area contributed by atoms with E-state index >= 15 is 0 Å². The molecule has 0 aromatic heterocycles. The van der Waals surface area contributed by atoms with Crippen molar-refractivity contribution in [1.82, 2.24) is 0 Å². The van der Waals surface area contributed by atoms with Crippen molar-refractivity contribution >= 4 is 46.6 Å². The number of non-ortho nitro benzene ring substituents is 1. The first-order valence-corrected chi connectivity index (χ1v) is 8.90. The molecule has 29 heavy (non-hydrogen) atoms. The highest BCUT2D eigenvalue weighted by atomic mass is 35.5. The summed E-state index contributed by atoms with van der Waals surface area (Å²) in [6.45, 7) is 0. The van der Waals surface area contributed by atoms with Gasteiger partial charge in [-0.05, 0) is 42.5 Å². The monoisotopic (exact) mass is 430 g/mol. The van der Waals surface area contributed by atoms with Crippen LogP contribution >= 0.6 is 23.4 Å². The first kappa shape index (κ1) is 20.3. The lowest BCUT2D eigenvalue weighted by Gasteiger charge is -2.16. The van der Waals surface area contributed by atoms with Gasteiger partial charge in [-0.3, -0.25) is 14.9 Å². The van der Waals surface area contributed by atoms with E-state index in [1.54, 1.807) is 30.3 Å². The van der Waals surface area contributed by atoms with E-state index in [1.807, 2.05) is 0 Å². The van der Waals surface area contributed by atoms with Gasteiger partial charge >= 0.3 is 5.97 Å². The zero-order chi connectivity index (χ0) is 21.0. The molecule has 9 heteroatoms. The van der Waals surface area contributed by atoms with Gasteiger partial charge in [0.25, 0.3) is 11.6 Å². The Labute approximate surface area is 175 Å². The lowest BCUT2D eigenvalue weighted by atomic mass is 10.1. The molecule has 0 saturated heterocycles. The molecule has 0 fully saturated rings. The molecule has 0 unspecified atom stereocenters. The number of hydrogen-bond acceptors (Lipinski definition) is 5. The SMILES string of the molecule is O=C(Oc1ccc(Cl)cc1C(=O)N(Cl)c1ccc([N+](=O)[O-])cc1)c1ccccc1. The molecule has 0 heterocycles. The van der Waals surface area contributed by atoms with Gasteiger partial charge < -0.3 is 4.74 Å². The van der Waals surface area contributed by atoms with E-state index in [0.717, 1.165) is 4.42 Å². The Balaban J connectivity index is 1.89. The Bertz CT molecular complexity index is 1070. The number of halogens is 2. The summed E-state index contributed by atoms with van der Waals surface area (Å²) in [6, 6.07) is 17.5. The van der Waals surface area contributed by atoms with Gasteiger partial charge in [0.05, 0.1) is 21.7 Å². The predicted octanol–water partition coefficient (Wildman–Crippen LogP) is 5.27. The van der Waals surface area contributed by atoms with Crippen molar-refractivity contribution in [3.8, 4) is 5.75 Å². The molecule has 3 aromatic rings. The van der Waals surface area contributed by atoms with Crippen LogP contribution in [0.2, 0.25) is 5.02 Å². The molecule has 0 atom stereocenters. The highest BCUT2D eigenvalue weighted by molar-refractivity contribution is 6.40. The lowest BCUT2D eigenvalue weighted by Crippen LogP contribution is -2.22. The fraction of sp³-hybridized carbons (Fsp3) is 0. The van der Waals surface area contributed by atoms with Crippen LogP contribution in [0.15, 0.2) is 72.8 Å². The Morgan fingerprint density at radius 1 is 0.966 bits per heavy atom. The summed E-state index contributed by atoms with van der Waals surface area (Å²) in [5.41, 5.74) is 0.308. The van der Waals surface area contributed by atoms with E-state index in [1.165, 1.54) is 42.5 Å². The Morgan fingerprint density at radius 2 is 1.62 bits per heavy atom. The number of carbonyl (C=O) groups excluding carboxylic acids is 2. The normalized spacial score (nSPS) is 10.3. The maximum atomic E-state index is 12.9. The number of hydrogen-bond donors (Lipinski definition) is 0. The number of nitro benzene ring substituents is 1. The molecule has 0 aliphatic rings. The van der Waals surface area contributed by atoms with Gasteiger partial charge in [-0.25, -0.2) is 9.21 Å². The zero-order valence-corrected chi connectivity index (χ0v) is 16.1. The van der Waals surface area contributed by atoms with Gasteiger partial charge in [0.15, 0.2) is 0 Å². The second-order valence-corrected chi connectivity index (χ2v) is 6.53. The highest BCUT2D eigenvalue weighted by Crippen LogP contribution is 2.29. The molecule has 0 saturated carbocycles. The van der Waals surface area contributed by atoms with Crippen LogP contribution in [0.3, 0.4) is 0 Å². The van der Waals surface area contributed by atoms with Gasteiger partial charge in [-0.1, -0.05) is 29.8 Å². The van der Waals surface area contributed by atoms with E-state index in [2.05, 4.69) is 0 Å². The first-order valence-electron chi connectivity index (χ1n) is 8.18. The van der Waals surface area contributed by atoms with Crippen LogP contribution in [-0.2, 0) is 0 Å². The minimum atomic E-state index is -0.723. The number of carbonyl (C=O) groups is 2. The molecule has 0 aliphatic carbocycles. The lowest BCUT2D eigenvalue weighted by molar-refractivity contribution is -0.384. The summed E-state index contributed by atoms with van der Waals surface area (Å²) >= 11 is 12.1. The van der Waals surface area contributed by atoms with Crippen molar-refractivity contribution in [1.29, 1.82) is 0 Å². The molecule has 146 valence electrons. The molecular formula is C20H12Cl2N2O5. The Kier molecular flexibility index (Phi) is 6.11. The largest absolute Gasteiger partial charge is 0.422 e. The minimum absolute atomic E-state index is 0.0270. The van der Waals surface area contributed by atoms with E-state index in [0.29, 0.717) is 5.56 Å². The molecule has 0 spiro atoms. The van der Waals surface area contributed by atoms with Gasteiger partial charge in [-0.2, -0.15) is 0 Å². The van der Waals surface area contributed by atoms with Crippen molar-refractivity contribution in [2.45, 2.75) is 0 Å². The third kappa shape index (κ3) is 4.71. The molecule has 3 aromatic carbocycles. The van der Waals surface area contributed by atoms with Gasteiger partial charge in [0, 0.05) is 28.9 Å². The molecule has 0 radical (unpaired) electrons. The van der Waals surface area contributed by atoms with Crippen LogP contribution in [0, 0.1) is 10.1 Å². The van der Waals surface area contributed by atoms with Crippen LogP contribution in [0.4, 0.5) is 11.4 Å². The molecule has 0 N–H and O–H groups in total. The second kappa shape index (κ2) is 8.72. The van der Waals surface area contributed by atoms with Gasteiger partial charge in [0.1, 0.15) is 5.75 Å². The maximum absolute atomic E-state index is 12.9. The standard InChI is InChI=1S/C20H12Cl2N2O5/c21-14-6-11-18(29-20(26)13-4-2-1-3-5-13)17(12-14)19(25)23(22)15-7-9-16(10-8-15)24(27)28/h1-12H. The average molecular weight is 431 g/mol. The third-order valence-electron chi connectivity index (χ3n) is 3.85. The van der Waals surface area contributed by atoms with Crippen LogP contribution in [0.5, 0.6) is 5.75 Å². The summed E-state index contributed by atoms with van der Waals surface area (Å²) in [7, 11) is 0. The number of amides is 1. The number of benzene rings is 3. The van der Waals surface area contributed by atoms with Crippen LogP contribution in [0.25, 0.3) is 0 Å². The average Bonchev–Trinajstić information content (AvgIpc) is 2.74. The number of anilines is 1. The van der Waals surface area contributed by atoms with Crippen molar-refractivity contribution < 1.29 is 19.2 Å². The Morgan fingerprint density at radius 3 is 2.24 bits per heavy atom. The smallest absolute Gasteiger partial charge is 0.343 e. The van der Waals surface area contributed by atoms with Crippen molar-refractivity contribution in [3.63, 3.8) is 0 Å². The number of rotatable bonds is 5. The van der Waals surface area contributed by atoms with Crippen LogP contribution in [0.1, 0.15) is 20.7 Å². The molecule has 1 amide bonds. The predicted molar refractivity (Wildman–Crippen MR) is 109 cm³/mol. The number of nitrogens with zero attached hydrogens (tertiary/aromatic N) is 2. The second-order valence-electron chi connectivity index (χ2n) is 5.76. The molecule has 0 aliphatic heterocycles. The van der Waals surface area contributed by atoms with Crippen molar-refractivity contribution in [2.75, 3.05) is 4.42 Å². The van der Waals surface area contributed by atoms with Crippen LogP contribution < -0.4 is 9.16 Å². The quantitative estimate of drug-likeness (QED) is 0.181. The molecule has 0 bridgehead atoms. The summed E-state index contributed by atoms with van der Waals surface area (Å²) in [4.78, 5) is 35.4. The molecule has 7 nitrogen and oxygen atoms in total. The van der Waals surface area contributed by atoms with Crippen LogP contribution in [-0.4, -0.2) is 16.8 Å². The van der Waals surface area contributed by atoms with Crippen molar-refractivity contribution in [3.05, 3.63) is 99.1 Å². The van der Waals surface area contributed by atoms with Gasteiger partial charge in [0.2, 0.25) is 0 Å². The summed E-state index contributed by atoms with van der Waals surface area (Å²) < 4.78 is 6.11. The summed E-state index contributed by atoms with van der Waals surface area (Å²) in [5.74, 6) is -1.40. The fourth-order valence-electron chi connectivity index (χ4n) is 2.42. The summed E-state index contributed by atoms with van der Waals surface area (Å²) in [5, 5.41) is 11.0. The number of ether oxygens (including phenoxy) is 1. The van der Waals surface area contributed by atoms with E-state index in [-0.39, 0.29) is 27.7 Å². The van der Waals surface area contributed by atoms with E-state index < -0.39 is 16.8 Å². The Hall–Kier alpha value is -3.42. The summed E-state index contributed by atoms with van der Waals surface area (Å²) in [6.07, 6.45) is 0. The maximum Gasteiger partial charge on any atom is 0.343 e. The van der Waals surface area contributed by atoms with Crippen molar-refractivity contribution in [2.24, 2.45) is 0 Å². The molecular weight excluding hydrogens is 419 g/mol. The van der Waals surface area contributed by atoms with E-state index in [9.17, 15) is 19.7 Å². The zero-order valence-electron chi connectivity index (χ0n) is 14.6. The number of nitro groups is 1. The first-order chi connectivity index (χ1) is 13.9. The minimum Gasteiger partial charge on any atom is -0.422 e. The fourth-order valence-corrected chi connectivity index (χ4v) is 2.80. The highest BCUT2D eigenvalue weighted by Gasteiger charge is 2.23.